The minimum atomic E-state index is 0. The monoisotopic (exact) mass is 362 g/mol. The van der Waals surface area contributed by atoms with Gasteiger partial charge in [0.2, 0.25) is 0 Å². The SMILES string of the molecule is [Fe].[cH-]1[cH-][cH-][cH-][cH-]1.c1ccc(-[c-]2cccc2P2CCCCC2)cc1. The molecule has 1 aliphatic rings. The molecule has 1 saturated heterocycles. The molecule has 3 aromatic carbocycles. The van der Waals surface area contributed by atoms with Crippen LogP contribution in [0, 0.1) is 0 Å². The molecule has 126 valence electrons. The van der Waals surface area contributed by atoms with Crippen molar-refractivity contribution in [3.63, 3.8) is 0 Å². The van der Waals surface area contributed by atoms with Gasteiger partial charge in [0.15, 0.2) is 0 Å². The maximum Gasteiger partial charge on any atom is 0 e. The molecule has 2 heteroatoms. The smallest absolute Gasteiger partial charge is 0 e. The van der Waals surface area contributed by atoms with Crippen molar-refractivity contribution >= 4 is 13.2 Å². The molecule has 0 spiro atoms. The van der Waals surface area contributed by atoms with Crippen molar-refractivity contribution in [3.05, 3.63) is 78.9 Å². The molecule has 0 unspecified atom stereocenters. The van der Waals surface area contributed by atoms with Crippen LogP contribution in [0.15, 0.2) is 78.9 Å². The number of hydrogen-bond acceptors (Lipinski definition) is 0. The van der Waals surface area contributed by atoms with Crippen LogP contribution in [0.2, 0.25) is 0 Å². The van der Waals surface area contributed by atoms with Crippen molar-refractivity contribution in [3.8, 4) is 11.1 Å². The molecule has 1 heterocycles. The second-order valence-corrected chi connectivity index (χ2v) is 8.16. The Balaban J connectivity index is 0.000000276. The number of hydrogen-bond donors (Lipinski definition) is 0. The molecule has 1 aliphatic heterocycles. The summed E-state index contributed by atoms with van der Waals surface area (Å²) in [5.41, 5.74) is 2.87. The van der Waals surface area contributed by atoms with Crippen LogP contribution in [-0.2, 0) is 17.1 Å². The Kier molecular flexibility index (Phi) is 7.83. The van der Waals surface area contributed by atoms with Crippen LogP contribution in [0.1, 0.15) is 19.3 Å². The second-order valence-electron chi connectivity index (χ2n) is 5.70. The van der Waals surface area contributed by atoms with E-state index in [1.807, 2.05) is 30.3 Å². The van der Waals surface area contributed by atoms with Crippen LogP contribution in [0.4, 0.5) is 0 Å². The normalized spacial score (nSPS) is 14.4. The van der Waals surface area contributed by atoms with Gasteiger partial charge in [-0.15, -0.1) is 29.8 Å². The van der Waals surface area contributed by atoms with Crippen molar-refractivity contribution in [2.24, 2.45) is 0 Å². The van der Waals surface area contributed by atoms with E-state index in [1.165, 1.54) is 42.7 Å². The molecule has 0 radical (unpaired) electrons. The standard InChI is InChI=1S/C16H18P.C5H5.Fe/c1-3-8-14(9-4-1)15-10-7-11-16(15)17-12-5-2-6-13-17;1-2-4-5-3-1;/h1,3-4,7-11H,2,5-6,12-13H2;1-5H;/q-1;-5;. The maximum absolute atomic E-state index is 2.36. The van der Waals surface area contributed by atoms with Crippen LogP contribution in [0.5, 0.6) is 0 Å². The average Bonchev–Trinajstić information content (AvgIpc) is 3.31. The van der Waals surface area contributed by atoms with Gasteiger partial charge in [-0.2, -0.15) is 6.07 Å². The van der Waals surface area contributed by atoms with Gasteiger partial charge in [-0.25, -0.2) is 0 Å². The zero-order valence-electron chi connectivity index (χ0n) is 13.3. The van der Waals surface area contributed by atoms with Gasteiger partial charge in [-0.3, -0.25) is 0 Å². The van der Waals surface area contributed by atoms with E-state index in [0.29, 0.717) is 0 Å². The molecule has 0 amide bonds. The van der Waals surface area contributed by atoms with Gasteiger partial charge in [-0.05, 0) is 25.2 Å². The van der Waals surface area contributed by atoms with E-state index in [0.717, 1.165) is 0 Å². The Hall–Kier alpha value is -1.13. The van der Waals surface area contributed by atoms with Gasteiger partial charge in [0.1, 0.15) is 0 Å². The Morgan fingerprint density at radius 2 is 1.35 bits per heavy atom. The Bertz CT molecular complexity index is 616. The summed E-state index contributed by atoms with van der Waals surface area (Å²) in [6.07, 6.45) is 7.20. The van der Waals surface area contributed by atoms with E-state index in [-0.39, 0.29) is 25.0 Å². The van der Waals surface area contributed by atoms with E-state index in [1.54, 1.807) is 5.30 Å². The molecular weight excluding hydrogens is 339 g/mol. The fourth-order valence-corrected chi connectivity index (χ4v) is 5.76. The molecule has 0 nitrogen and oxygen atoms in total. The van der Waals surface area contributed by atoms with E-state index >= 15 is 0 Å². The Labute approximate surface area is 151 Å². The van der Waals surface area contributed by atoms with Crippen LogP contribution in [-0.4, -0.2) is 12.3 Å². The molecule has 3 aromatic rings. The van der Waals surface area contributed by atoms with Gasteiger partial charge in [0, 0.05) is 17.1 Å². The zero-order valence-corrected chi connectivity index (χ0v) is 15.3. The Morgan fingerprint density at radius 1 is 0.739 bits per heavy atom. The molecule has 0 aromatic heterocycles. The number of rotatable bonds is 2. The Morgan fingerprint density at radius 3 is 1.96 bits per heavy atom. The summed E-state index contributed by atoms with van der Waals surface area (Å²) >= 11 is 0. The first-order valence-electron chi connectivity index (χ1n) is 8.18. The van der Waals surface area contributed by atoms with Gasteiger partial charge in [0.25, 0.3) is 0 Å². The molecule has 0 aliphatic carbocycles. The molecule has 0 N–H and O–H groups in total. The largest absolute Gasteiger partial charge is 0.748 e. The minimum absolute atomic E-state index is 0. The second kappa shape index (κ2) is 9.89. The summed E-state index contributed by atoms with van der Waals surface area (Å²) in [5.74, 6) is 0. The molecule has 23 heavy (non-hydrogen) atoms. The van der Waals surface area contributed by atoms with Crippen LogP contribution >= 0.6 is 7.92 Å². The molecule has 0 bridgehead atoms. The quantitative estimate of drug-likeness (QED) is 0.309. The molecule has 0 atom stereocenters. The third-order valence-electron chi connectivity index (χ3n) is 4.13. The van der Waals surface area contributed by atoms with Gasteiger partial charge < -0.3 is 30.3 Å². The van der Waals surface area contributed by atoms with Crippen molar-refractivity contribution in [2.75, 3.05) is 12.3 Å². The fraction of sp³-hybridized carbons (Fsp3) is 0.238. The first-order valence-corrected chi connectivity index (χ1v) is 9.89. The summed E-state index contributed by atoms with van der Waals surface area (Å²) in [4.78, 5) is 0. The minimum Gasteiger partial charge on any atom is -0.748 e. The first kappa shape index (κ1) is 18.2. The van der Waals surface area contributed by atoms with E-state index in [2.05, 4.69) is 48.5 Å². The average molecular weight is 362 g/mol. The van der Waals surface area contributed by atoms with E-state index in [9.17, 15) is 0 Å². The van der Waals surface area contributed by atoms with Crippen LogP contribution in [0.25, 0.3) is 11.1 Å². The predicted molar refractivity (Wildman–Crippen MR) is 99.6 cm³/mol. The summed E-state index contributed by atoms with van der Waals surface area (Å²) in [6.45, 7) is 0. The fourth-order valence-electron chi connectivity index (χ4n) is 3.00. The zero-order chi connectivity index (χ0) is 15.0. The van der Waals surface area contributed by atoms with Crippen molar-refractivity contribution in [2.45, 2.75) is 19.3 Å². The summed E-state index contributed by atoms with van der Waals surface area (Å²) in [6, 6.07) is 27.7. The topological polar surface area (TPSA) is 0 Å². The molecule has 1 fully saturated rings. The van der Waals surface area contributed by atoms with Gasteiger partial charge in [-0.1, -0.05) is 43.4 Å². The van der Waals surface area contributed by atoms with Crippen LogP contribution in [0.3, 0.4) is 0 Å². The van der Waals surface area contributed by atoms with Crippen molar-refractivity contribution in [1.82, 2.24) is 0 Å². The summed E-state index contributed by atoms with van der Waals surface area (Å²) < 4.78 is 0. The van der Waals surface area contributed by atoms with E-state index < -0.39 is 0 Å². The number of benzene rings is 1. The predicted octanol–water partition coefficient (Wildman–Crippen LogP) is 5.77. The van der Waals surface area contributed by atoms with Crippen LogP contribution < -0.4 is 5.30 Å². The van der Waals surface area contributed by atoms with E-state index in [4.69, 9.17) is 0 Å². The van der Waals surface area contributed by atoms with Crippen molar-refractivity contribution in [1.29, 1.82) is 0 Å². The first-order chi connectivity index (χ1) is 10.9. The molecule has 0 saturated carbocycles. The van der Waals surface area contributed by atoms with Crippen molar-refractivity contribution < 1.29 is 17.1 Å². The molecule has 4 rings (SSSR count). The summed E-state index contributed by atoms with van der Waals surface area (Å²) in [7, 11) is 0.126. The summed E-state index contributed by atoms with van der Waals surface area (Å²) in [5, 5.41) is 1.64. The molecular formula is C21H23FeP-6. The van der Waals surface area contributed by atoms with Gasteiger partial charge >= 0.3 is 0 Å². The maximum atomic E-state index is 2.36. The third-order valence-corrected chi connectivity index (χ3v) is 6.91. The van der Waals surface area contributed by atoms with Gasteiger partial charge in [0.05, 0.1) is 0 Å². The third kappa shape index (κ3) is 5.18.